The molecule has 1 fully saturated rings. The topological polar surface area (TPSA) is 45.2 Å². The average molecular weight is 261 g/mol. The fraction of sp³-hybridized carbons (Fsp3) is 0.600. The number of hydrogen-bond donors (Lipinski definition) is 1. The van der Waals surface area contributed by atoms with E-state index in [-0.39, 0.29) is 5.91 Å². The minimum absolute atomic E-state index is 0.283. The van der Waals surface area contributed by atoms with Crippen LogP contribution in [-0.4, -0.2) is 28.9 Å². The molecule has 1 saturated heterocycles. The Kier molecular flexibility index (Phi) is 5.19. The van der Waals surface area contributed by atoms with Gasteiger partial charge in [0.1, 0.15) is 5.82 Å². The molecule has 0 spiro atoms. The third-order valence-electron chi connectivity index (χ3n) is 3.52. The van der Waals surface area contributed by atoms with Crippen LogP contribution in [0.15, 0.2) is 18.3 Å². The number of carbonyl (C=O) groups excluding carboxylic acids is 1. The number of carbonyl (C=O) groups is 1. The standard InChI is InChI=1S/C15H23N3O/c1-2-16-15-13(8-7-10-17-15)12-18-11-6-4-3-5-9-14(18)19/h7-8,10H,2-6,9,11-12H2,1H3,(H,16,17). The van der Waals surface area contributed by atoms with E-state index in [9.17, 15) is 4.79 Å². The molecule has 104 valence electrons. The minimum atomic E-state index is 0.283. The summed E-state index contributed by atoms with van der Waals surface area (Å²) < 4.78 is 0. The summed E-state index contributed by atoms with van der Waals surface area (Å²) in [6, 6.07) is 3.99. The van der Waals surface area contributed by atoms with Gasteiger partial charge < -0.3 is 10.2 Å². The third kappa shape index (κ3) is 3.94. The second kappa shape index (κ2) is 7.12. The molecule has 2 heterocycles. The van der Waals surface area contributed by atoms with Crippen LogP contribution in [0.2, 0.25) is 0 Å². The number of anilines is 1. The summed E-state index contributed by atoms with van der Waals surface area (Å²) >= 11 is 0. The molecule has 0 aromatic carbocycles. The number of amides is 1. The number of rotatable bonds is 4. The zero-order valence-corrected chi connectivity index (χ0v) is 11.7. The predicted octanol–water partition coefficient (Wildman–Crippen LogP) is 2.81. The van der Waals surface area contributed by atoms with Gasteiger partial charge in [-0.25, -0.2) is 4.98 Å². The van der Waals surface area contributed by atoms with E-state index in [2.05, 4.69) is 23.3 Å². The van der Waals surface area contributed by atoms with Crippen molar-refractivity contribution in [3.63, 3.8) is 0 Å². The quantitative estimate of drug-likeness (QED) is 0.906. The lowest BCUT2D eigenvalue weighted by atomic mass is 10.1. The molecule has 19 heavy (non-hydrogen) atoms. The fourth-order valence-corrected chi connectivity index (χ4v) is 2.48. The largest absolute Gasteiger partial charge is 0.370 e. The second-order valence-corrected chi connectivity index (χ2v) is 5.02. The van der Waals surface area contributed by atoms with Crippen LogP contribution in [0, 0.1) is 0 Å². The SMILES string of the molecule is CCNc1ncccc1CN1CCCCCCC1=O. The van der Waals surface area contributed by atoms with Crippen molar-refractivity contribution in [3.8, 4) is 0 Å². The van der Waals surface area contributed by atoms with Crippen LogP contribution in [0.1, 0.15) is 44.6 Å². The maximum atomic E-state index is 12.1. The molecular weight excluding hydrogens is 238 g/mol. The van der Waals surface area contributed by atoms with Gasteiger partial charge in [0, 0.05) is 37.8 Å². The van der Waals surface area contributed by atoms with Gasteiger partial charge in [0.15, 0.2) is 0 Å². The Bertz CT molecular complexity index is 420. The van der Waals surface area contributed by atoms with Gasteiger partial charge in [0.25, 0.3) is 0 Å². The van der Waals surface area contributed by atoms with Crippen LogP contribution in [0.4, 0.5) is 5.82 Å². The first kappa shape index (κ1) is 13.8. The fourth-order valence-electron chi connectivity index (χ4n) is 2.48. The lowest BCUT2D eigenvalue weighted by molar-refractivity contribution is -0.132. The number of hydrogen-bond acceptors (Lipinski definition) is 3. The maximum absolute atomic E-state index is 12.1. The molecule has 0 aliphatic carbocycles. The third-order valence-corrected chi connectivity index (χ3v) is 3.52. The average Bonchev–Trinajstić information content (AvgIpc) is 2.41. The Morgan fingerprint density at radius 1 is 1.32 bits per heavy atom. The van der Waals surface area contributed by atoms with E-state index in [1.165, 1.54) is 12.8 Å². The Labute approximate surface area is 115 Å². The molecule has 0 saturated carbocycles. The summed E-state index contributed by atoms with van der Waals surface area (Å²) in [5, 5.41) is 3.26. The number of pyridine rings is 1. The lowest BCUT2D eigenvalue weighted by Crippen LogP contribution is -2.32. The van der Waals surface area contributed by atoms with Gasteiger partial charge in [-0.15, -0.1) is 0 Å². The molecule has 1 aliphatic rings. The molecule has 1 aromatic rings. The summed E-state index contributed by atoms with van der Waals surface area (Å²) in [6.07, 6.45) is 7.05. The van der Waals surface area contributed by atoms with Crippen LogP contribution in [-0.2, 0) is 11.3 Å². The van der Waals surface area contributed by atoms with Crippen molar-refractivity contribution in [3.05, 3.63) is 23.9 Å². The molecular formula is C15H23N3O. The highest BCUT2D eigenvalue weighted by molar-refractivity contribution is 5.76. The van der Waals surface area contributed by atoms with Crippen molar-refractivity contribution in [1.29, 1.82) is 0 Å². The van der Waals surface area contributed by atoms with E-state index in [1.807, 2.05) is 11.0 Å². The highest BCUT2D eigenvalue weighted by Crippen LogP contribution is 2.18. The number of nitrogens with zero attached hydrogens (tertiary/aromatic N) is 2. The highest BCUT2D eigenvalue weighted by atomic mass is 16.2. The van der Waals surface area contributed by atoms with Crippen molar-refractivity contribution in [2.24, 2.45) is 0 Å². The first-order valence-corrected chi connectivity index (χ1v) is 7.27. The Hall–Kier alpha value is -1.58. The van der Waals surface area contributed by atoms with Gasteiger partial charge >= 0.3 is 0 Å². The molecule has 0 unspecified atom stereocenters. The lowest BCUT2D eigenvalue weighted by Gasteiger charge is -2.25. The van der Waals surface area contributed by atoms with Crippen LogP contribution in [0.25, 0.3) is 0 Å². The molecule has 0 bridgehead atoms. The molecule has 4 nitrogen and oxygen atoms in total. The van der Waals surface area contributed by atoms with E-state index in [0.29, 0.717) is 13.0 Å². The van der Waals surface area contributed by atoms with Crippen LogP contribution >= 0.6 is 0 Å². The van der Waals surface area contributed by atoms with Crippen LogP contribution < -0.4 is 5.32 Å². The number of likely N-dealkylation sites (tertiary alicyclic amines) is 1. The van der Waals surface area contributed by atoms with E-state index >= 15 is 0 Å². The Morgan fingerprint density at radius 3 is 3.00 bits per heavy atom. The monoisotopic (exact) mass is 261 g/mol. The van der Waals surface area contributed by atoms with Gasteiger partial charge in [-0.05, 0) is 25.8 Å². The molecule has 1 amide bonds. The molecule has 2 rings (SSSR count). The van der Waals surface area contributed by atoms with Crippen LogP contribution in [0.5, 0.6) is 0 Å². The van der Waals surface area contributed by atoms with Gasteiger partial charge in [-0.2, -0.15) is 0 Å². The van der Waals surface area contributed by atoms with Crippen molar-refractivity contribution in [2.75, 3.05) is 18.4 Å². The summed E-state index contributed by atoms with van der Waals surface area (Å²) in [4.78, 5) is 18.5. The van der Waals surface area contributed by atoms with E-state index < -0.39 is 0 Å². The zero-order chi connectivity index (χ0) is 13.5. The van der Waals surface area contributed by atoms with E-state index in [0.717, 1.165) is 37.3 Å². The van der Waals surface area contributed by atoms with Gasteiger partial charge in [-0.3, -0.25) is 4.79 Å². The first-order chi connectivity index (χ1) is 9.31. The highest BCUT2D eigenvalue weighted by Gasteiger charge is 2.17. The van der Waals surface area contributed by atoms with E-state index in [1.54, 1.807) is 6.20 Å². The molecule has 0 radical (unpaired) electrons. The van der Waals surface area contributed by atoms with Crippen molar-refractivity contribution >= 4 is 11.7 Å². The van der Waals surface area contributed by atoms with Crippen molar-refractivity contribution in [2.45, 2.75) is 45.6 Å². The zero-order valence-electron chi connectivity index (χ0n) is 11.7. The Balaban J connectivity index is 2.07. The molecule has 1 aromatic heterocycles. The smallest absolute Gasteiger partial charge is 0.222 e. The Morgan fingerprint density at radius 2 is 2.16 bits per heavy atom. The van der Waals surface area contributed by atoms with Crippen molar-refractivity contribution in [1.82, 2.24) is 9.88 Å². The normalized spacial score (nSPS) is 16.9. The van der Waals surface area contributed by atoms with E-state index in [4.69, 9.17) is 0 Å². The molecule has 0 atom stereocenters. The van der Waals surface area contributed by atoms with Gasteiger partial charge in [0.05, 0.1) is 0 Å². The number of aromatic nitrogens is 1. The molecule has 4 heteroatoms. The summed E-state index contributed by atoms with van der Waals surface area (Å²) in [5.41, 5.74) is 1.11. The summed E-state index contributed by atoms with van der Waals surface area (Å²) in [5.74, 6) is 1.19. The molecule has 1 aliphatic heterocycles. The second-order valence-electron chi connectivity index (χ2n) is 5.02. The van der Waals surface area contributed by atoms with Crippen molar-refractivity contribution < 1.29 is 4.79 Å². The number of nitrogens with one attached hydrogen (secondary N) is 1. The maximum Gasteiger partial charge on any atom is 0.222 e. The molecule has 1 N–H and O–H groups in total. The van der Waals surface area contributed by atoms with Gasteiger partial charge in [0.2, 0.25) is 5.91 Å². The first-order valence-electron chi connectivity index (χ1n) is 7.27. The summed E-state index contributed by atoms with van der Waals surface area (Å²) in [6.45, 7) is 4.45. The van der Waals surface area contributed by atoms with Gasteiger partial charge in [-0.1, -0.05) is 18.9 Å². The summed E-state index contributed by atoms with van der Waals surface area (Å²) in [7, 11) is 0. The minimum Gasteiger partial charge on any atom is -0.370 e. The van der Waals surface area contributed by atoms with Crippen LogP contribution in [0.3, 0.4) is 0 Å². The predicted molar refractivity (Wildman–Crippen MR) is 76.9 cm³/mol.